The van der Waals surface area contributed by atoms with Crippen molar-refractivity contribution in [2.45, 2.75) is 38.1 Å². The lowest BCUT2D eigenvalue weighted by atomic mass is 9.80. The maximum Gasteiger partial charge on any atom is 0.128 e. The van der Waals surface area contributed by atoms with E-state index < -0.39 is 0 Å². The van der Waals surface area contributed by atoms with Crippen molar-refractivity contribution < 1.29 is 4.39 Å². The number of nitrogens with one attached hydrogen (secondary N) is 1. The summed E-state index contributed by atoms with van der Waals surface area (Å²) in [4.78, 5) is 2.46. The van der Waals surface area contributed by atoms with Gasteiger partial charge in [0.1, 0.15) is 5.82 Å². The second kappa shape index (κ2) is 8.49. The molecule has 3 rings (SSSR count). The quantitative estimate of drug-likeness (QED) is 0.870. The highest BCUT2D eigenvalue weighted by molar-refractivity contribution is 6.30. The average molecular weight is 347 g/mol. The van der Waals surface area contributed by atoms with E-state index in [2.05, 4.69) is 10.2 Å². The molecule has 0 spiro atoms. The van der Waals surface area contributed by atoms with Crippen LogP contribution in [0.5, 0.6) is 0 Å². The van der Waals surface area contributed by atoms with E-state index in [1.165, 1.54) is 38.2 Å². The van der Waals surface area contributed by atoms with Gasteiger partial charge < -0.3 is 5.32 Å². The Morgan fingerprint density at radius 1 is 1.14 bits per heavy atom. The topological polar surface area (TPSA) is 15.3 Å². The van der Waals surface area contributed by atoms with Gasteiger partial charge in [-0.15, -0.1) is 12.4 Å². The van der Waals surface area contributed by atoms with Gasteiger partial charge in [-0.25, -0.2) is 4.39 Å². The summed E-state index contributed by atoms with van der Waals surface area (Å²) in [6.45, 7) is 3.97. The number of halogens is 3. The first kappa shape index (κ1) is 18.0. The van der Waals surface area contributed by atoms with Crippen molar-refractivity contribution in [3.05, 3.63) is 34.6 Å². The third kappa shape index (κ3) is 4.14. The van der Waals surface area contributed by atoms with Gasteiger partial charge in [-0.3, -0.25) is 4.90 Å². The summed E-state index contributed by atoms with van der Waals surface area (Å²) in [6.07, 6.45) is 6.29. The molecule has 2 aliphatic rings. The predicted molar refractivity (Wildman–Crippen MR) is 92.4 cm³/mol. The molecule has 1 heterocycles. The highest BCUT2D eigenvalue weighted by Crippen LogP contribution is 2.40. The molecule has 22 heavy (non-hydrogen) atoms. The van der Waals surface area contributed by atoms with E-state index >= 15 is 0 Å². The molecule has 1 saturated heterocycles. The Hall–Kier alpha value is -0.350. The molecule has 1 aromatic rings. The van der Waals surface area contributed by atoms with Crippen LogP contribution in [0.3, 0.4) is 0 Å². The Balaban J connectivity index is 0.00000176. The molecule has 1 aromatic carbocycles. The molecule has 1 aliphatic heterocycles. The summed E-state index contributed by atoms with van der Waals surface area (Å²) in [5.74, 6) is 0.457. The van der Waals surface area contributed by atoms with Crippen molar-refractivity contribution in [1.82, 2.24) is 10.2 Å². The number of hydrogen-bond acceptors (Lipinski definition) is 2. The number of rotatable bonds is 3. The third-order valence-electron chi connectivity index (χ3n) is 4.92. The van der Waals surface area contributed by atoms with Crippen LogP contribution in [0.15, 0.2) is 18.2 Å². The maximum atomic E-state index is 14.4. The second-order valence-electron chi connectivity index (χ2n) is 6.29. The predicted octanol–water partition coefficient (Wildman–Crippen LogP) is 4.43. The standard InChI is InChI=1S/C17H24ClFN2.ClH/c18-14-6-7-16(19)15(12-14)17(13-4-2-1-3-5-13)21-10-8-20-9-11-21;/h6-7,12-13,17,20H,1-5,8-11H2;1H/t17-;/m0./s1. The molecule has 5 heteroatoms. The Kier molecular flexibility index (Phi) is 6.94. The van der Waals surface area contributed by atoms with Crippen LogP contribution < -0.4 is 5.32 Å². The van der Waals surface area contributed by atoms with Crippen molar-refractivity contribution in [3.8, 4) is 0 Å². The smallest absolute Gasteiger partial charge is 0.128 e. The Morgan fingerprint density at radius 3 is 2.50 bits per heavy atom. The Labute approximate surface area is 143 Å². The van der Waals surface area contributed by atoms with E-state index in [1.807, 2.05) is 6.07 Å². The Morgan fingerprint density at radius 2 is 1.82 bits per heavy atom. The molecule has 0 aromatic heterocycles. The van der Waals surface area contributed by atoms with Gasteiger partial charge in [0.05, 0.1) is 0 Å². The highest BCUT2D eigenvalue weighted by Gasteiger charge is 2.32. The van der Waals surface area contributed by atoms with Gasteiger partial charge in [0, 0.05) is 42.8 Å². The molecule has 1 N–H and O–H groups in total. The largest absolute Gasteiger partial charge is 0.314 e. The first-order chi connectivity index (χ1) is 10.3. The SMILES string of the molecule is Cl.Fc1ccc(Cl)cc1[C@H](C1CCCCC1)N1CCNCC1. The summed E-state index contributed by atoms with van der Waals surface area (Å²) < 4.78 is 14.4. The van der Waals surface area contributed by atoms with Gasteiger partial charge in [0.25, 0.3) is 0 Å². The summed E-state index contributed by atoms with van der Waals surface area (Å²) >= 11 is 6.14. The van der Waals surface area contributed by atoms with E-state index in [0.717, 1.165) is 31.7 Å². The van der Waals surface area contributed by atoms with Gasteiger partial charge in [0.15, 0.2) is 0 Å². The van der Waals surface area contributed by atoms with Crippen molar-refractivity contribution in [1.29, 1.82) is 0 Å². The molecule has 2 fully saturated rings. The molecule has 0 amide bonds. The lowest BCUT2D eigenvalue weighted by molar-refractivity contribution is 0.101. The van der Waals surface area contributed by atoms with E-state index in [9.17, 15) is 4.39 Å². The van der Waals surface area contributed by atoms with Gasteiger partial charge in [-0.2, -0.15) is 0 Å². The maximum absolute atomic E-state index is 14.4. The molecule has 0 radical (unpaired) electrons. The lowest BCUT2D eigenvalue weighted by Gasteiger charge is -2.41. The zero-order valence-corrected chi connectivity index (χ0v) is 14.4. The van der Waals surface area contributed by atoms with Crippen LogP contribution in [0, 0.1) is 11.7 Å². The zero-order valence-electron chi connectivity index (χ0n) is 12.9. The summed E-state index contributed by atoms with van der Waals surface area (Å²) in [6, 6.07) is 5.20. The van der Waals surface area contributed by atoms with E-state index in [-0.39, 0.29) is 24.3 Å². The number of benzene rings is 1. The summed E-state index contributed by atoms with van der Waals surface area (Å²) in [5.41, 5.74) is 0.802. The fraction of sp³-hybridized carbons (Fsp3) is 0.647. The molecule has 2 nitrogen and oxygen atoms in total. The van der Waals surface area contributed by atoms with Crippen LogP contribution in [0.4, 0.5) is 4.39 Å². The van der Waals surface area contributed by atoms with Crippen LogP contribution in [0.1, 0.15) is 43.7 Å². The van der Waals surface area contributed by atoms with Crippen LogP contribution in [0.25, 0.3) is 0 Å². The van der Waals surface area contributed by atoms with Crippen LogP contribution in [-0.2, 0) is 0 Å². The second-order valence-corrected chi connectivity index (χ2v) is 6.73. The van der Waals surface area contributed by atoms with E-state index in [1.54, 1.807) is 6.07 Å². The monoisotopic (exact) mass is 346 g/mol. The van der Waals surface area contributed by atoms with Crippen LogP contribution in [-0.4, -0.2) is 31.1 Å². The summed E-state index contributed by atoms with van der Waals surface area (Å²) in [5, 5.41) is 4.03. The van der Waals surface area contributed by atoms with Gasteiger partial charge in [-0.1, -0.05) is 30.9 Å². The van der Waals surface area contributed by atoms with Crippen LogP contribution in [0.2, 0.25) is 5.02 Å². The molecular formula is C17H25Cl2FN2. The van der Waals surface area contributed by atoms with Crippen LogP contribution >= 0.6 is 24.0 Å². The third-order valence-corrected chi connectivity index (χ3v) is 5.15. The minimum atomic E-state index is -0.103. The fourth-order valence-electron chi connectivity index (χ4n) is 3.90. The molecule has 1 saturated carbocycles. The number of hydrogen-bond donors (Lipinski definition) is 1. The minimum absolute atomic E-state index is 0. The van der Waals surface area contributed by atoms with Gasteiger partial charge in [0.2, 0.25) is 0 Å². The van der Waals surface area contributed by atoms with Crippen molar-refractivity contribution in [3.63, 3.8) is 0 Å². The fourth-order valence-corrected chi connectivity index (χ4v) is 4.08. The van der Waals surface area contributed by atoms with Crippen molar-refractivity contribution in [2.24, 2.45) is 5.92 Å². The molecule has 0 unspecified atom stereocenters. The molecular weight excluding hydrogens is 322 g/mol. The number of nitrogens with zero attached hydrogens (tertiary/aromatic N) is 1. The van der Waals surface area contributed by atoms with Gasteiger partial charge in [-0.05, 0) is 37.0 Å². The molecule has 1 aliphatic carbocycles. The van der Waals surface area contributed by atoms with E-state index in [4.69, 9.17) is 11.6 Å². The molecule has 0 bridgehead atoms. The van der Waals surface area contributed by atoms with Crippen molar-refractivity contribution >= 4 is 24.0 Å². The first-order valence-electron chi connectivity index (χ1n) is 8.15. The highest BCUT2D eigenvalue weighted by atomic mass is 35.5. The zero-order chi connectivity index (χ0) is 14.7. The molecule has 124 valence electrons. The summed E-state index contributed by atoms with van der Waals surface area (Å²) in [7, 11) is 0. The minimum Gasteiger partial charge on any atom is -0.314 e. The number of piperazine rings is 1. The first-order valence-corrected chi connectivity index (χ1v) is 8.53. The lowest BCUT2D eigenvalue weighted by Crippen LogP contribution is -2.47. The molecule has 1 atom stereocenters. The Bertz CT molecular complexity index is 454. The van der Waals surface area contributed by atoms with Gasteiger partial charge >= 0.3 is 0 Å². The van der Waals surface area contributed by atoms with E-state index in [0.29, 0.717) is 10.9 Å². The van der Waals surface area contributed by atoms with Crippen molar-refractivity contribution in [2.75, 3.05) is 26.2 Å². The normalized spacial score (nSPS) is 22.1. The average Bonchev–Trinajstić information content (AvgIpc) is 2.53.